The molecule has 2 rings (SSSR count). The van der Waals surface area contributed by atoms with E-state index in [-0.39, 0.29) is 0 Å². The van der Waals surface area contributed by atoms with E-state index in [9.17, 15) is 0 Å². The Hall–Kier alpha value is -0.0500. The molecule has 3 heteroatoms. The molecule has 1 unspecified atom stereocenters. The summed E-state index contributed by atoms with van der Waals surface area (Å²) < 4.78 is 0. The third-order valence-corrected chi connectivity index (χ3v) is 4.94. The molecule has 1 atom stereocenters. The summed E-state index contributed by atoms with van der Waals surface area (Å²) in [6.45, 7) is 5.72. The zero-order chi connectivity index (χ0) is 11.6. The molecule has 0 spiro atoms. The van der Waals surface area contributed by atoms with Crippen molar-refractivity contribution in [1.29, 1.82) is 0 Å². The van der Waals surface area contributed by atoms with Gasteiger partial charge < -0.3 is 5.32 Å². The zero-order valence-electron chi connectivity index (χ0n) is 10.1. The fourth-order valence-electron chi connectivity index (χ4n) is 2.54. The standard InChI is InChI=1S/C13H20ClNS/c1-13(2)6-4-3-5-12(13)15-8-11-7-10(14)9-16-11/h7,9,12,15H,3-6,8H2,1-2H3. The van der Waals surface area contributed by atoms with Crippen molar-refractivity contribution in [2.75, 3.05) is 0 Å². The second-order valence-corrected chi connectivity index (χ2v) is 6.83. The van der Waals surface area contributed by atoms with Crippen LogP contribution in [0, 0.1) is 5.41 Å². The van der Waals surface area contributed by atoms with Crippen molar-refractivity contribution in [2.45, 2.75) is 52.1 Å². The van der Waals surface area contributed by atoms with Crippen LogP contribution in [0.15, 0.2) is 11.4 Å². The Bertz CT molecular complexity index is 345. The van der Waals surface area contributed by atoms with E-state index in [1.165, 1.54) is 30.6 Å². The van der Waals surface area contributed by atoms with Crippen molar-refractivity contribution >= 4 is 22.9 Å². The highest BCUT2D eigenvalue weighted by Crippen LogP contribution is 2.35. The summed E-state index contributed by atoms with van der Waals surface area (Å²) in [6.07, 6.45) is 5.41. The minimum atomic E-state index is 0.444. The number of hydrogen-bond donors (Lipinski definition) is 1. The molecule has 0 aromatic carbocycles. The Morgan fingerprint density at radius 1 is 1.50 bits per heavy atom. The van der Waals surface area contributed by atoms with Gasteiger partial charge in [0.2, 0.25) is 0 Å². The zero-order valence-corrected chi connectivity index (χ0v) is 11.6. The topological polar surface area (TPSA) is 12.0 Å². The molecule has 1 fully saturated rings. The first kappa shape index (κ1) is 12.4. The van der Waals surface area contributed by atoms with Crippen LogP contribution in [-0.2, 0) is 6.54 Å². The summed E-state index contributed by atoms with van der Waals surface area (Å²) >= 11 is 7.66. The average Bonchev–Trinajstić information content (AvgIpc) is 2.62. The number of thiophene rings is 1. The van der Waals surface area contributed by atoms with Gasteiger partial charge in [0.25, 0.3) is 0 Å². The molecular weight excluding hydrogens is 238 g/mol. The first-order chi connectivity index (χ1) is 7.58. The van der Waals surface area contributed by atoms with Gasteiger partial charge in [-0.15, -0.1) is 11.3 Å². The van der Waals surface area contributed by atoms with Gasteiger partial charge in [-0.1, -0.05) is 38.3 Å². The first-order valence-corrected chi connectivity index (χ1v) is 7.30. The van der Waals surface area contributed by atoms with Gasteiger partial charge in [-0.2, -0.15) is 0 Å². The fourth-order valence-corrected chi connectivity index (χ4v) is 3.57. The highest BCUT2D eigenvalue weighted by molar-refractivity contribution is 7.10. The lowest BCUT2D eigenvalue weighted by atomic mass is 9.73. The monoisotopic (exact) mass is 257 g/mol. The predicted molar refractivity (Wildman–Crippen MR) is 72.2 cm³/mol. The molecule has 0 amide bonds. The lowest BCUT2D eigenvalue weighted by Gasteiger charge is -2.39. The second kappa shape index (κ2) is 5.07. The van der Waals surface area contributed by atoms with E-state index in [0.717, 1.165) is 11.6 Å². The van der Waals surface area contributed by atoms with Crippen LogP contribution < -0.4 is 5.32 Å². The molecule has 1 aromatic heterocycles. The predicted octanol–water partition coefficient (Wildman–Crippen LogP) is 4.46. The highest BCUT2D eigenvalue weighted by Gasteiger charge is 2.31. The Morgan fingerprint density at radius 2 is 2.31 bits per heavy atom. The first-order valence-electron chi connectivity index (χ1n) is 6.04. The van der Waals surface area contributed by atoms with Crippen LogP contribution in [-0.4, -0.2) is 6.04 Å². The maximum Gasteiger partial charge on any atom is 0.0516 e. The minimum absolute atomic E-state index is 0.444. The SMILES string of the molecule is CC1(C)CCCCC1NCc1cc(Cl)cs1. The quantitative estimate of drug-likeness (QED) is 0.843. The number of nitrogens with one attached hydrogen (secondary N) is 1. The number of halogens is 1. The van der Waals surface area contributed by atoms with Gasteiger partial charge in [-0.05, 0) is 24.3 Å². The Kier molecular flexibility index (Phi) is 3.93. The maximum atomic E-state index is 5.92. The molecule has 0 radical (unpaired) electrons. The van der Waals surface area contributed by atoms with Gasteiger partial charge in [0, 0.05) is 22.8 Å². The maximum absolute atomic E-state index is 5.92. The van der Waals surface area contributed by atoms with Crippen LogP contribution in [0.1, 0.15) is 44.4 Å². The van der Waals surface area contributed by atoms with Crippen LogP contribution in [0.3, 0.4) is 0 Å². The Balaban J connectivity index is 1.89. The summed E-state index contributed by atoms with van der Waals surface area (Å²) in [5.41, 5.74) is 0.444. The minimum Gasteiger partial charge on any atom is -0.309 e. The molecule has 0 saturated heterocycles. The third-order valence-electron chi connectivity index (χ3n) is 3.65. The van der Waals surface area contributed by atoms with Gasteiger partial charge in [0.15, 0.2) is 0 Å². The molecule has 90 valence electrons. The molecule has 1 N–H and O–H groups in total. The molecule has 1 aromatic rings. The summed E-state index contributed by atoms with van der Waals surface area (Å²) in [4.78, 5) is 1.34. The normalized spacial score (nSPS) is 24.6. The van der Waals surface area contributed by atoms with Gasteiger partial charge in [0.05, 0.1) is 5.02 Å². The van der Waals surface area contributed by atoms with Gasteiger partial charge in [0.1, 0.15) is 0 Å². The lowest BCUT2D eigenvalue weighted by molar-refractivity contribution is 0.167. The summed E-state index contributed by atoms with van der Waals surface area (Å²) in [5.74, 6) is 0. The van der Waals surface area contributed by atoms with Crippen LogP contribution in [0.25, 0.3) is 0 Å². The van der Waals surface area contributed by atoms with Crippen LogP contribution in [0.4, 0.5) is 0 Å². The van der Waals surface area contributed by atoms with Crippen molar-refractivity contribution < 1.29 is 0 Å². The van der Waals surface area contributed by atoms with Gasteiger partial charge in [-0.3, -0.25) is 0 Å². The molecule has 1 aliphatic carbocycles. The highest BCUT2D eigenvalue weighted by atomic mass is 35.5. The Labute approximate surface area is 107 Å². The van der Waals surface area contributed by atoms with Crippen LogP contribution >= 0.6 is 22.9 Å². The van der Waals surface area contributed by atoms with E-state index in [0.29, 0.717) is 11.5 Å². The molecular formula is C13H20ClNS. The second-order valence-electron chi connectivity index (χ2n) is 5.40. The lowest BCUT2D eigenvalue weighted by Crippen LogP contribution is -2.43. The van der Waals surface area contributed by atoms with Crippen molar-refractivity contribution in [3.63, 3.8) is 0 Å². The summed E-state index contributed by atoms with van der Waals surface area (Å²) in [5, 5.41) is 6.56. The largest absolute Gasteiger partial charge is 0.309 e. The molecule has 1 aliphatic rings. The van der Waals surface area contributed by atoms with Gasteiger partial charge >= 0.3 is 0 Å². The molecule has 1 saturated carbocycles. The van der Waals surface area contributed by atoms with E-state index in [1.54, 1.807) is 11.3 Å². The molecule has 0 bridgehead atoms. The average molecular weight is 258 g/mol. The van der Waals surface area contributed by atoms with Crippen molar-refractivity contribution in [1.82, 2.24) is 5.32 Å². The van der Waals surface area contributed by atoms with Crippen molar-refractivity contribution in [3.05, 3.63) is 21.3 Å². The smallest absolute Gasteiger partial charge is 0.0516 e. The van der Waals surface area contributed by atoms with Gasteiger partial charge in [-0.25, -0.2) is 0 Å². The number of hydrogen-bond acceptors (Lipinski definition) is 2. The third kappa shape index (κ3) is 2.99. The van der Waals surface area contributed by atoms with E-state index in [2.05, 4.69) is 25.2 Å². The molecule has 16 heavy (non-hydrogen) atoms. The van der Waals surface area contributed by atoms with Crippen LogP contribution in [0.5, 0.6) is 0 Å². The van der Waals surface area contributed by atoms with Crippen molar-refractivity contribution in [3.8, 4) is 0 Å². The number of rotatable bonds is 3. The summed E-state index contributed by atoms with van der Waals surface area (Å²) in [7, 11) is 0. The molecule has 0 aliphatic heterocycles. The van der Waals surface area contributed by atoms with Crippen LogP contribution in [0.2, 0.25) is 5.02 Å². The molecule has 1 nitrogen and oxygen atoms in total. The van der Waals surface area contributed by atoms with E-state index in [1.807, 2.05) is 5.38 Å². The van der Waals surface area contributed by atoms with E-state index >= 15 is 0 Å². The Morgan fingerprint density at radius 3 is 2.94 bits per heavy atom. The fraction of sp³-hybridized carbons (Fsp3) is 0.692. The van der Waals surface area contributed by atoms with E-state index < -0.39 is 0 Å². The summed E-state index contributed by atoms with van der Waals surface area (Å²) in [6, 6.07) is 2.72. The van der Waals surface area contributed by atoms with Crippen molar-refractivity contribution in [2.24, 2.45) is 5.41 Å². The van der Waals surface area contributed by atoms with E-state index in [4.69, 9.17) is 11.6 Å². The molecule has 1 heterocycles.